The minimum atomic E-state index is 0.0273. The van der Waals surface area contributed by atoms with E-state index in [0.717, 1.165) is 6.54 Å². The molecule has 0 radical (unpaired) electrons. The summed E-state index contributed by atoms with van der Waals surface area (Å²) in [5, 5.41) is 0. The molecule has 6 aliphatic rings. The van der Waals surface area contributed by atoms with E-state index < -0.39 is 0 Å². The average Bonchev–Trinajstić information content (AvgIpc) is 4.01. The Balaban J connectivity index is 0.817. The van der Waals surface area contributed by atoms with Gasteiger partial charge in [-0.15, -0.1) is 0 Å². The molecule has 0 aromatic heterocycles. The van der Waals surface area contributed by atoms with Gasteiger partial charge in [0.05, 0.1) is 22.7 Å². The smallest absolute Gasteiger partial charge is 0.0703 e. The lowest BCUT2D eigenvalue weighted by atomic mass is 9.74. The quantitative estimate of drug-likeness (QED) is 0.160. The molecule has 2 heterocycles. The van der Waals surface area contributed by atoms with Gasteiger partial charge >= 0.3 is 0 Å². The Hall–Kier alpha value is -6.84. The number of nitrogens with zero attached hydrogens (tertiary/aromatic N) is 3. The first-order chi connectivity index (χ1) is 31.5. The Morgan fingerprint density at radius 3 is 1.81 bits per heavy atom. The summed E-state index contributed by atoms with van der Waals surface area (Å²) in [6.45, 7) is 6.02. The van der Waals surface area contributed by atoms with Crippen LogP contribution in [0.15, 0.2) is 182 Å². The molecule has 1 fully saturated rings. The maximum atomic E-state index is 2.59. The number of para-hydroxylation sites is 6. The van der Waals surface area contributed by atoms with Crippen LogP contribution in [0.1, 0.15) is 90.8 Å². The van der Waals surface area contributed by atoms with E-state index in [1.165, 1.54) is 134 Å². The second kappa shape index (κ2) is 14.3. The third-order valence-corrected chi connectivity index (χ3v) is 15.9. The lowest BCUT2D eigenvalue weighted by molar-refractivity contribution is 0.391. The summed E-state index contributed by atoms with van der Waals surface area (Å²) >= 11 is 0. The zero-order valence-corrected chi connectivity index (χ0v) is 36.8. The van der Waals surface area contributed by atoms with Crippen LogP contribution in [0.5, 0.6) is 0 Å². The molecule has 13 rings (SSSR count). The standard InChI is InChI=1S/C61H53N3/c1-60(2)51-37-41(26-30-47(51)48-32-28-45(39-52(48)60)62-36-14-16-43-15-6-7-19-55(43)62)24-25-42-27-31-49-50-33-29-46(40-54(50)61(53(49)38-42)34-12-13-35-61)64-58-22-10-8-20-56(58)63(44-17-4-3-5-18-44)57-21-9-11-23-59(57)64/h3-11,15,17-33,37-40,48,52H,12-14,16,34-36H2,1-2H3/b25-24+. The molecule has 0 saturated heterocycles. The molecule has 3 nitrogen and oxygen atoms in total. The van der Waals surface area contributed by atoms with Crippen molar-refractivity contribution < 1.29 is 0 Å². The van der Waals surface area contributed by atoms with Crippen molar-refractivity contribution in [1.29, 1.82) is 0 Å². The Kier molecular flexibility index (Phi) is 8.45. The molecule has 1 spiro atoms. The van der Waals surface area contributed by atoms with Crippen molar-refractivity contribution in [3.05, 3.63) is 221 Å². The van der Waals surface area contributed by atoms with Gasteiger partial charge in [-0.3, -0.25) is 0 Å². The molecule has 2 aliphatic heterocycles. The predicted octanol–water partition coefficient (Wildman–Crippen LogP) is 15.8. The molecule has 0 bridgehead atoms. The van der Waals surface area contributed by atoms with E-state index >= 15 is 0 Å². The van der Waals surface area contributed by atoms with E-state index in [2.05, 4.69) is 217 Å². The minimum absolute atomic E-state index is 0.0273. The van der Waals surface area contributed by atoms with Gasteiger partial charge in [0.25, 0.3) is 0 Å². The van der Waals surface area contributed by atoms with E-state index in [1.54, 1.807) is 0 Å². The van der Waals surface area contributed by atoms with Crippen molar-refractivity contribution in [2.75, 3.05) is 21.2 Å². The first kappa shape index (κ1) is 37.7. The number of fused-ring (bicyclic) bond motifs is 11. The molecule has 0 amide bonds. The van der Waals surface area contributed by atoms with Crippen molar-refractivity contribution in [3.63, 3.8) is 0 Å². The molecule has 0 N–H and O–H groups in total. The average molecular weight is 828 g/mol. The lowest BCUT2D eigenvalue weighted by Crippen LogP contribution is -2.32. The van der Waals surface area contributed by atoms with Gasteiger partial charge in [-0.1, -0.05) is 154 Å². The molecule has 64 heavy (non-hydrogen) atoms. The van der Waals surface area contributed by atoms with Gasteiger partial charge < -0.3 is 14.7 Å². The normalized spacial score (nSPS) is 20.3. The maximum Gasteiger partial charge on any atom is 0.0703 e. The first-order valence-corrected chi connectivity index (χ1v) is 23.7. The van der Waals surface area contributed by atoms with Crippen LogP contribution in [0.25, 0.3) is 23.3 Å². The second-order valence-electron chi connectivity index (χ2n) is 19.6. The number of benzene rings is 7. The number of hydrogen-bond acceptors (Lipinski definition) is 3. The van der Waals surface area contributed by atoms with Crippen LogP contribution < -0.4 is 14.7 Å². The van der Waals surface area contributed by atoms with E-state index in [0.29, 0.717) is 11.8 Å². The van der Waals surface area contributed by atoms with Gasteiger partial charge in [-0.25, -0.2) is 0 Å². The number of allylic oxidation sites excluding steroid dienone is 3. The number of aryl methyl sites for hydroxylation is 1. The Bertz CT molecular complexity index is 3060. The Labute approximate surface area is 378 Å². The van der Waals surface area contributed by atoms with Crippen LogP contribution >= 0.6 is 0 Å². The van der Waals surface area contributed by atoms with Crippen molar-refractivity contribution >= 4 is 52.0 Å². The summed E-state index contributed by atoms with van der Waals surface area (Å²) in [6, 6.07) is 59.4. The van der Waals surface area contributed by atoms with E-state index in [9.17, 15) is 0 Å². The van der Waals surface area contributed by atoms with E-state index in [-0.39, 0.29) is 10.8 Å². The van der Waals surface area contributed by atoms with Crippen LogP contribution in [0, 0.1) is 5.92 Å². The maximum absolute atomic E-state index is 2.59. The van der Waals surface area contributed by atoms with Gasteiger partial charge in [0, 0.05) is 40.6 Å². The van der Waals surface area contributed by atoms with Crippen molar-refractivity contribution in [3.8, 4) is 11.1 Å². The zero-order valence-electron chi connectivity index (χ0n) is 36.8. The van der Waals surface area contributed by atoms with Gasteiger partial charge in [0.2, 0.25) is 0 Å². The van der Waals surface area contributed by atoms with E-state index in [4.69, 9.17) is 0 Å². The number of anilines is 7. The van der Waals surface area contributed by atoms with E-state index in [1.807, 2.05) is 0 Å². The first-order valence-electron chi connectivity index (χ1n) is 23.7. The largest absolute Gasteiger partial charge is 0.342 e. The second-order valence-corrected chi connectivity index (χ2v) is 19.6. The van der Waals surface area contributed by atoms with Gasteiger partial charge in [0.1, 0.15) is 0 Å². The highest BCUT2D eigenvalue weighted by Gasteiger charge is 2.47. The fourth-order valence-electron chi connectivity index (χ4n) is 12.8. The van der Waals surface area contributed by atoms with Crippen molar-refractivity contribution in [2.24, 2.45) is 5.92 Å². The highest BCUT2D eigenvalue weighted by molar-refractivity contribution is 6.02. The van der Waals surface area contributed by atoms with Crippen LogP contribution in [-0.2, 0) is 17.3 Å². The number of rotatable bonds is 5. The van der Waals surface area contributed by atoms with Gasteiger partial charge in [-0.05, 0) is 148 Å². The fourth-order valence-corrected chi connectivity index (χ4v) is 12.8. The van der Waals surface area contributed by atoms with Crippen LogP contribution in [0.4, 0.5) is 39.8 Å². The minimum Gasteiger partial charge on any atom is -0.342 e. The lowest BCUT2D eigenvalue weighted by Gasteiger charge is -2.40. The van der Waals surface area contributed by atoms with Crippen molar-refractivity contribution in [2.45, 2.75) is 69.1 Å². The molecular weight excluding hydrogens is 775 g/mol. The Morgan fingerprint density at radius 1 is 0.531 bits per heavy atom. The third kappa shape index (κ3) is 5.59. The molecule has 3 heteroatoms. The molecule has 2 atom stereocenters. The molecule has 2 unspecified atom stereocenters. The molecule has 4 aliphatic carbocycles. The molecule has 1 saturated carbocycles. The van der Waals surface area contributed by atoms with Crippen LogP contribution in [-0.4, -0.2) is 6.54 Å². The Morgan fingerprint density at radius 2 is 1.11 bits per heavy atom. The summed E-state index contributed by atoms with van der Waals surface area (Å²) in [4.78, 5) is 7.47. The van der Waals surface area contributed by atoms with Crippen LogP contribution in [0.2, 0.25) is 0 Å². The fraction of sp³-hybridized carbons (Fsp3) is 0.213. The third-order valence-electron chi connectivity index (χ3n) is 15.9. The predicted molar refractivity (Wildman–Crippen MR) is 268 cm³/mol. The van der Waals surface area contributed by atoms with Crippen molar-refractivity contribution in [1.82, 2.24) is 0 Å². The molecular formula is C61H53N3. The highest BCUT2D eigenvalue weighted by Crippen LogP contribution is 2.60. The van der Waals surface area contributed by atoms with Gasteiger partial charge in [0.15, 0.2) is 0 Å². The van der Waals surface area contributed by atoms with Gasteiger partial charge in [-0.2, -0.15) is 0 Å². The molecule has 7 aromatic carbocycles. The summed E-state index contributed by atoms with van der Waals surface area (Å²) in [6.07, 6.45) is 19.5. The monoisotopic (exact) mass is 827 g/mol. The zero-order chi connectivity index (χ0) is 42.6. The summed E-state index contributed by atoms with van der Waals surface area (Å²) < 4.78 is 0. The SMILES string of the molecule is CC1(C)c2cc(/C=C/c3ccc4c(c3)C3(CCCC3)c3cc(N5c6ccccc6N(c6ccccc6)c6ccccc65)ccc3-4)ccc2C2C=CC(N3CCCc4ccccc43)=CC21. The topological polar surface area (TPSA) is 9.72 Å². The number of hydrogen-bond donors (Lipinski definition) is 0. The summed E-state index contributed by atoms with van der Waals surface area (Å²) in [7, 11) is 0. The van der Waals surface area contributed by atoms with Crippen LogP contribution in [0.3, 0.4) is 0 Å². The molecule has 312 valence electrons. The molecule has 7 aromatic rings. The highest BCUT2D eigenvalue weighted by atomic mass is 15.3. The summed E-state index contributed by atoms with van der Waals surface area (Å²) in [5.41, 5.74) is 22.8. The summed E-state index contributed by atoms with van der Waals surface area (Å²) in [5.74, 6) is 0.845.